The second-order valence-corrected chi connectivity index (χ2v) is 5.45. The van der Waals surface area contributed by atoms with Crippen LogP contribution in [0, 0.1) is 0 Å². The lowest BCUT2D eigenvalue weighted by Crippen LogP contribution is -2.12. The zero-order chi connectivity index (χ0) is 12.0. The summed E-state index contributed by atoms with van der Waals surface area (Å²) in [6.07, 6.45) is 3.32. The van der Waals surface area contributed by atoms with Crippen molar-refractivity contribution in [2.24, 2.45) is 0 Å². The molecule has 0 fully saturated rings. The van der Waals surface area contributed by atoms with E-state index in [1.165, 1.54) is 0 Å². The van der Waals surface area contributed by atoms with Crippen LogP contribution in [-0.2, 0) is 10.0 Å². The Morgan fingerprint density at radius 2 is 1.81 bits per heavy atom. The van der Waals surface area contributed by atoms with Gasteiger partial charge in [0, 0.05) is 6.54 Å². The summed E-state index contributed by atoms with van der Waals surface area (Å²) < 4.78 is 24.8. The maximum atomic E-state index is 11.1. The van der Waals surface area contributed by atoms with E-state index < -0.39 is 10.0 Å². The van der Waals surface area contributed by atoms with Gasteiger partial charge in [-0.15, -0.1) is 0 Å². The van der Waals surface area contributed by atoms with Gasteiger partial charge in [-0.25, -0.2) is 8.42 Å². The van der Waals surface area contributed by atoms with Gasteiger partial charge in [0.25, 0.3) is 0 Å². The number of anilines is 2. The van der Waals surface area contributed by atoms with Crippen molar-refractivity contribution in [3.05, 3.63) is 24.3 Å². The molecule has 0 radical (unpaired) electrons. The van der Waals surface area contributed by atoms with E-state index in [4.69, 9.17) is 0 Å². The average molecular weight is 242 g/mol. The van der Waals surface area contributed by atoms with Crippen molar-refractivity contribution in [2.45, 2.75) is 19.8 Å². The number of hydrogen-bond acceptors (Lipinski definition) is 3. The molecule has 1 aromatic carbocycles. The molecule has 0 aliphatic rings. The molecule has 4 nitrogen and oxygen atoms in total. The van der Waals surface area contributed by atoms with Crippen LogP contribution in [0.15, 0.2) is 24.3 Å². The molecule has 0 aliphatic carbocycles. The normalized spacial score (nSPS) is 11.1. The minimum atomic E-state index is -3.22. The van der Waals surface area contributed by atoms with Gasteiger partial charge in [-0.1, -0.05) is 25.5 Å². The van der Waals surface area contributed by atoms with Gasteiger partial charge in [-0.2, -0.15) is 0 Å². The molecular weight excluding hydrogens is 224 g/mol. The molecule has 0 aromatic heterocycles. The third-order valence-electron chi connectivity index (χ3n) is 2.07. The van der Waals surface area contributed by atoms with Gasteiger partial charge < -0.3 is 5.32 Å². The smallest absolute Gasteiger partial charge is 0.229 e. The Labute approximate surface area is 97.1 Å². The van der Waals surface area contributed by atoms with Crippen LogP contribution in [0.4, 0.5) is 11.4 Å². The van der Waals surface area contributed by atoms with E-state index in [0.717, 1.165) is 31.3 Å². The van der Waals surface area contributed by atoms with Crippen LogP contribution >= 0.6 is 0 Å². The Morgan fingerprint density at radius 1 is 1.19 bits per heavy atom. The van der Waals surface area contributed by atoms with Crippen LogP contribution < -0.4 is 10.0 Å². The Morgan fingerprint density at radius 3 is 2.38 bits per heavy atom. The number of rotatable bonds is 6. The van der Waals surface area contributed by atoms with E-state index in [2.05, 4.69) is 17.0 Å². The van der Waals surface area contributed by atoms with Gasteiger partial charge in [-0.05, 0) is 18.6 Å². The topological polar surface area (TPSA) is 58.2 Å². The van der Waals surface area contributed by atoms with Crippen LogP contribution in [0.25, 0.3) is 0 Å². The van der Waals surface area contributed by atoms with Gasteiger partial charge >= 0.3 is 0 Å². The molecule has 0 heterocycles. The molecular formula is C11H18N2O2S. The molecule has 0 saturated carbocycles. The molecule has 0 atom stereocenters. The Bertz CT molecular complexity index is 429. The van der Waals surface area contributed by atoms with Gasteiger partial charge in [0.2, 0.25) is 10.0 Å². The van der Waals surface area contributed by atoms with Crippen LogP contribution in [-0.4, -0.2) is 21.2 Å². The first-order chi connectivity index (χ1) is 7.53. The highest BCUT2D eigenvalue weighted by molar-refractivity contribution is 7.92. The Hall–Kier alpha value is -1.23. The van der Waals surface area contributed by atoms with E-state index >= 15 is 0 Å². The maximum Gasteiger partial charge on any atom is 0.229 e. The first-order valence-corrected chi connectivity index (χ1v) is 7.23. The largest absolute Gasteiger partial charge is 0.383 e. The summed E-state index contributed by atoms with van der Waals surface area (Å²) >= 11 is 0. The Kier molecular flexibility index (Phi) is 4.61. The number of nitrogens with one attached hydrogen (secondary N) is 2. The first-order valence-electron chi connectivity index (χ1n) is 5.33. The van der Waals surface area contributed by atoms with Crippen LogP contribution in [0.2, 0.25) is 0 Å². The Balaban J connectivity index is 2.75. The molecule has 0 saturated heterocycles. The molecule has 1 aromatic rings. The second kappa shape index (κ2) is 5.75. The fourth-order valence-electron chi connectivity index (χ4n) is 1.33. The van der Waals surface area contributed by atoms with E-state index in [9.17, 15) is 8.42 Å². The van der Waals surface area contributed by atoms with Crippen molar-refractivity contribution in [1.29, 1.82) is 0 Å². The molecule has 5 heteroatoms. The van der Waals surface area contributed by atoms with Crippen molar-refractivity contribution in [1.82, 2.24) is 0 Å². The van der Waals surface area contributed by atoms with E-state index in [-0.39, 0.29) is 0 Å². The minimum Gasteiger partial charge on any atom is -0.383 e. The van der Waals surface area contributed by atoms with Crippen molar-refractivity contribution in [3.63, 3.8) is 0 Å². The summed E-state index contributed by atoms with van der Waals surface area (Å²) in [6.45, 7) is 2.96. The van der Waals surface area contributed by atoms with Gasteiger partial charge in [-0.3, -0.25) is 4.72 Å². The summed E-state index contributed by atoms with van der Waals surface area (Å²) in [4.78, 5) is 0. The number of sulfonamides is 1. The van der Waals surface area contributed by atoms with Gasteiger partial charge in [0.15, 0.2) is 0 Å². The van der Waals surface area contributed by atoms with Crippen LogP contribution in [0.5, 0.6) is 0 Å². The summed E-state index contributed by atoms with van der Waals surface area (Å²) in [5.41, 5.74) is 1.42. The summed E-state index contributed by atoms with van der Waals surface area (Å²) in [7, 11) is -3.22. The van der Waals surface area contributed by atoms with Crippen LogP contribution in [0.1, 0.15) is 19.8 Å². The molecule has 1 rings (SSSR count). The van der Waals surface area contributed by atoms with E-state index in [0.29, 0.717) is 5.69 Å². The molecule has 2 N–H and O–H groups in total. The number of unbranched alkanes of at least 4 members (excludes halogenated alkanes) is 1. The number of para-hydroxylation sites is 2. The predicted octanol–water partition coefficient (Wildman–Crippen LogP) is 2.27. The zero-order valence-electron chi connectivity index (χ0n) is 9.66. The molecule has 90 valence electrons. The predicted molar refractivity (Wildman–Crippen MR) is 68.3 cm³/mol. The molecule has 0 amide bonds. The summed E-state index contributed by atoms with van der Waals surface area (Å²) in [5.74, 6) is 0. The van der Waals surface area contributed by atoms with Gasteiger partial charge in [0.05, 0.1) is 17.6 Å². The second-order valence-electron chi connectivity index (χ2n) is 3.70. The fourth-order valence-corrected chi connectivity index (χ4v) is 1.90. The third kappa shape index (κ3) is 4.53. The first kappa shape index (κ1) is 12.8. The highest BCUT2D eigenvalue weighted by atomic mass is 32.2. The van der Waals surface area contributed by atoms with E-state index in [1.807, 2.05) is 12.1 Å². The minimum absolute atomic E-state index is 0.598. The number of benzene rings is 1. The molecule has 0 aliphatic heterocycles. The molecule has 0 spiro atoms. The molecule has 0 bridgehead atoms. The maximum absolute atomic E-state index is 11.1. The van der Waals surface area contributed by atoms with Crippen molar-refractivity contribution >= 4 is 21.4 Å². The molecule has 16 heavy (non-hydrogen) atoms. The fraction of sp³-hybridized carbons (Fsp3) is 0.455. The molecule has 0 unspecified atom stereocenters. The quantitative estimate of drug-likeness (QED) is 0.752. The lowest BCUT2D eigenvalue weighted by molar-refractivity contribution is 0.607. The zero-order valence-corrected chi connectivity index (χ0v) is 10.5. The third-order valence-corrected chi connectivity index (χ3v) is 2.66. The summed E-state index contributed by atoms with van der Waals surface area (Å²) in [5, 5.41) is 3.21. The highest BCUT2D eigenvalue weighted by Gasteiger charge is 2.05. The highest BCUT2D eigenvalue weighted by Crippen LogP contribution is 2.21. The standard InChI is InChI=1S/C11H18N2O2S/c1-3-4-9-12-10-7-5-6-8-11(10)13-16(2,14)15/h5-8,12-13H,3-4,9H2,1-2H3. The van der Waals surface area contributed by atoms with Crippen molar-refractivity contribution in [2.75, 3.05) is 22.8 Å². The SMILES string of the molecule is CCCCNc1ccccc1NS(C)(=O)=O. The lowest BCUT2D eigenvalue weighted by Gasteiger charge is -2.12. The van der Waals surface area contributed by atoms with Gasteiger partial charge in [0.1, 0.15) is 0 Å². The lowest BCUT2D eigenvalue weighted by atomic mass is 10.2. The van der Waals surface area contributed by atoms with E-state index in [1.54, 1.807) is 12.1 Å². The monoisotopic (exact) mass is 242 g/mol. The average Bonchev–Trinajstić information content (AvgIpc) is 2.19. The van der Waals surface area contributed by atoms with Crippen molar-refractivity contribution in [3.8, 4) is 0 Å². The number of hydrogen-bond donors (Lipinski definition) is 2. The van der Waals surface area contributed by atoms with Crippen molar-refractivity contribution < 1.29 is 8.42 Å². The summed E-state index contributed by atoms with van der Waals surface area (Å²) in [6, 6.07) is 7.29. The van der Waals surface area contributed by atoms with Crippen LogP contribution in [0.3, 0.4) is 0 Å².